The van der Waals surface area contributed by atoms with Crippen molar-refractivity contribution in [1.82, 2.24) is 9.78 Å². The molecule has 6 rings (SSSR count). The highest BCUT2D eigenvalue weighted by molar-refractivity contribution is 5.88. The normalized spacial score (nSPS) is 14.6. The Morgan fingerprint density at radius 3 is 2.60 bits per heavy atom. The quantitative estimate of drug-likeness (QED) is 0.166. The first-order valence-corrected chi connectivity index (χ1v) is 12.7. The first-order chi connectivity index (χ1) is 19.5. The predicted octanol–water partition coefficient (Wildman–Crippen LogP) is 6.94. The van der Waals surface area contributed by atoms with E-state index in [1.54, 1.807) is 10.8 Å². The Balaban J connectivity index is 1.20. The Bertz CT molecular complexity index is 1670. The molecule has 8 heteroatoms. The highest BCUT2D eigenvalue weighted by Crippen LogP contribution is 2.37. The zero-order valence-electron chi connectivity index (χ0n) is 21.6. The van der Waals surface area contributed by atoms with Crippen LogP contribution in [0, 0.1) is 12.7 Å². The first kappa shape index (κ1) is 25.3. The zero-order valence-corrected chi connectivity index (χ0v) is 21.6. The third-order valence-corrected chi connectivity index (χ3v) is 6.40. The van der Waals surface area contributed by atoms with E-state index in [2.05, 4.69) is 5.10 Å². The molecule has 0 radical (unpaired) electrons. The number of aromatic nitrogens is 2. The number of benzene rings is 3. The van der Waals surface area contributed by atoms with Crippen LogP contribution in [0.25, 0.3) is 23.2 Å². The van der Waals surface area contributed by atoms with E-state index < -0.39 is 18.1 Å². The number of esters is 1. The smallest absolute Gasteiger partial charge is 0.331 e. The summed E-state index contributed by atoms with van der Waals surface area (Å²) >= 11 is 0. The summed E-state index contributed by atoms with van der Waals surface area (Å²) in [6.45, 7) is 1.86. The number of carbonyl (C=O) groups excluding carboxylic acids is 1. The number of halogens is 1. The van der Waals surface area contributed by atoms with Gasteiger partial charge in [0.05, 0.1) is 12.3 Å². The van der Waals surface area contributed by atoms with Crippen LogP contribution in [0.5, 0.6) is 5.75 Å². The van der Waals surface area contributed by atoms with Crippen LogP contribution in [-0.4, -0.2) is 15.7 Å². The van der Waals surface area contributed by atoms with Crippen molar-refractivity contribution in [2.24, 2.45) is 0 Å². The monoisotopic (exact) mass is 536 g/mol. The van der Waals surface area contributed by atoms with Crippen LogP contribution in [0.3, 0.4) is 0 Å². The average molecular weight is 537 g/mol. The molecule has 7 nitrogen and oxygen atoms in total. The van der Waals surface area contributed by atoms with Crippen LogP contribution in [0.15, 0.2) is 102 Å². The lowest BCUT2D eigenvalue weighted by Crippen LogP contribution is -2.19. The van der Waals surface area contributed by atoms with Gasteiger partial charge in [-0.1, -0.05) is 48.5 Å². The fraction of sp³-hybridized carbons (Fsp3) is 0.125. The Labute approximate surface area is 230 Å². The summed E-state index contributed by atoms with van der Waals surface area (Å²) in [6.07, 6.45) is 4.11. The van der Waals surface area contributed by atoms with E-state index in [4.69, 9.17) is 18.6 Å². The Hall–Kier alpha value is -4.95. The molecule has 1 aliphatic rings. The summed E-state index contributed by atoms with van der Waals surface area (Å²) in [4.78, 5) is 12.7. The number of furan rings is 1. The highest BCUT2D eigenvalue weighted by atomic mass is 19.1. The fourth-order valence-corrected chi connectivity index (χ4v) is 4.49. The van der Waals surface area contributed by atoms with Crippen molar-refractivity contribution in [3.05, 3.63) is 131 Å². The molecule has 40 heavy (non-hydrogen) atoms. The number of fused-ring (bicyclic) bond motifs is 1. The molecule has 200 valence electrons. The molecule has 5 aromatic rings. The van der Waals surface area contributed by atoms with Crippen LogP contribution in [0.2, 0.25) is 0 Å². The number of ether oxygens (including phenoxy) is 3. The summed E-state index contributed by atoms with van der Waals surface area (Å²) in [5.41, 5.74) is 3.93. The van der Waals surface area contributed by atoms with E-state index in [9.17, 15) is 9.18 Å². The number of para-hydroxylation sites is 1. The van der Waals surface area contributed by atoms with Crippen molar-refractivity contribution < 1.29 is 27.8 Å². The van der Waals surface area contributed by atoms with Gasteiger partial charge in [-0.15, -0.1) is 0 Å². The SMILES string of the molecule is Cc1ccc(-c2nn(-c3ccccc3)cc2/C=C/C(=O)OCc2cc(F)cc3c2O[C@@H](c2ccccc2)OC3)o1. The van der Waals surface area contributed by atoms with Crippen LogP contribution in [-0.2, 0) is 27.5 Å². The third-order valence-electron chi connectivity index (χ3n) is 6.40. The topological polar surface area (TPSA) is 75.7 Å². The molecule has 3 aromatic carbocycles. The van der Waals surface area contributed by atoms with Crippen LogP contribution in [0.4, 0.5) is 4.39 Å². The third kappa shape index (κ3) is 5.43. The molecular weight excluding hydrogens is 511 g/mol. The van der Waals surface area contributed by atoms with Gasteiger partial charge in [-0.05, 0) is 49.4 Å². The minimum atomic E-state index is -0.640. The van der Waals surface area contributed by atoms with Gasteiger partial charge >= 0.3 is 5.97 Å². The van der Waals surface area contributed by atoms with Crippen molar-refractivity contribution in [2.75, 3.05) is 0 Å². The number of rotatable bonds is 7. The molecule has 1 atom stereocenters. The van der Waals surface area contributed by atoms with Crippen molar-refractivity contribution in [1.29, 1.82) is 0 Å². The maximum absolute atomic E-state index is 14.3. The van der Waals surface area contributed by atoms with Gasteiger partial charge in [0.1, 0.15) is 29.6 Å². The standard InChI is InChI=1S/C32H25FN2O5/c1-21-12-14-28(39-21)30-23(18-35(34-30)27-10-6-3-7-11-27)13-15-29(36)37-19-24-16-26(33)17-25-20-38-32(40-31(24)25)22-8-4-2-5-9-22/h2-18,32H,19-20H2,1H3/b15-13+/t32-/m0/s1. The molecule has 3 heterocycles. The van der Waals surface area contributed by atoms with E-state index in [0.717, 1.165) is 17.0 Å². The molecule has 1 aliphatic heterocycles. The molecule has 0 unspecified atom stereocenters. The maximum atomic E-state index is 14.3. The molecule has 0 saturated carbocycles. The minimum Gasteiger partial charge on any atom is -0.460 e. The Morgan fingerprint density at radius 1 is 1.07 bits per heavy atom. The van der Waals surface area contributed by atoms with Crippen molar-refractivity contribution in [3.8, 4) is 22.9 Å². The average Bonchev–Trinajstić information content (AvgIpc) is 3.61. The van der Waals surface area contributed by atoms with E-state index in [1.165, 1.54) is 18.2 Å². The molecule has 0 fully saturated rings. The van der Waals surface area contributed by atoms with E-state index in [0.29, 0.717) is 33.9 Å². The number of hydrogen-bond acceptors (Lipinski definition) is 6. The molecule has 0 bridgehead atoms. The van der Waals surface area contributed by atoms with Crippen molar-refractivity contribution >= 4 is 12.0 Å². The van der Waals surface area contributed by atoms with Gasteiger partial charge in [0, 0.05) is 34.5 Å². The number of nitrogens with zero attached hydrogens (tertiary/aromatic N) is 2. The van der Waals surface area contributed by atoms with Crippen LogP contribution in [0.1, 0.15) is 34.3 Å². The molecule has 0 aliphatic carbocycles. The molecule has 0 N–H and O–H groups in total. The van der Waals surface area contributed by atoms with Crippen LogP contribution >= 0.6 is 0 Å². The lowest BCUT2D eigenvalue weighted by Gasteiger charge is -2.28. The van der Waals surface area contributed by atoms with Crippen LogP contribution < -0.4 is 4.74 Å². The van der Waals surface area contributed by atoms with Gasteiger partial charge in [-0.25, -0.2) is 13.9 Å². The van der Waals surface area contributed by atoms with E-state index in [-0.39, 0.29) is 13.2 Å². The maximum Gasteiger partial charge on any atom is 0.331 e. The molecule has 0 spiro atoms. The van der Waals surface area contributed by atoms with E-state index in [1.807, 2.05) is 85.9 Å². The molecular formula is C32H25FN2O5. The highest BCUT2D eigenvalue weighted by Gasteiger charge is 2.25. The van der Waals surface area contributed by atoms with Gasteiger partial charge in [0.25, 0.3) is 0 Å². The second-order valence-electron chi connectivity index (χ2n) is 9.29. The van der Waals surface area contributed by atoms with Crippen molar-refractivity contribution in [2.45, 2.75) is 26.4 Å². The summed E-state index contributed by atoms with van der Waals surface area (Å²) in [7, 11) is 0. The number of carbonyl (C=O) groups is 1. The zero-order chi connectivity index (χ0) is 27.5. The number of aryl methyl sites for hydroxylation is 1. The minimum absolute atomic E-state index is 0.168. The Morgan fingerprint density at radius 2 is 1.85 bits per heavy atom. The van der Waals surface area contributed by atoms with Gasteiger partial charge in [-0.3, -0.25) is 0 Å². The first-order valence-electron chi connectivity index (χ1n) is 12.7. The lowest BCUT2D eigenvalue weighted by atomic mass is 10.1. The van der Waals surface area contributed by atoms with Gasteiger partial charge < -0.3 is 18.6 Å². The lowest BCUT2D eigenvalue weighted by molar-refractivity contribution is -0.139. The largest absolute Gasteiger partial charge is 0.460 e. The van der Waals surface area contributed by atoms with Crippen molar-refractivity contribution in [3.63, 3.8) is 0 Å². The fourth-order valence-electron chi connectivity index (χ4n) is 4.49. The Kier molecular flexibility index (Phi) is 6.99. The summed E-state index contributed by atoms with van der Waals surface area (Å²) < 4.78 is 39.2. The molecule has 2 aromatic heterocycles. The van der Waals surface area contributed by atoms with Gasteiger partial charge in [0.2, 0.25) is 6.29 Å². The molecule has 0 amide bonds. The molecule has 0 saturated heterocycles. The number of hydrogen-bond donors (Lipinski definition) is 0. The van der Waals surface area contributed by atoms with Gasteiger partial charge in [-0.2, -0.15) is 5.10 Å². The van der Waals surface area contributed by atoms with Gasteiger partial charge in [0.15, 0.2) is 5.76 Å². The summed E-state index contributed by atoms with van der Waals surface area (Å²) in [5.74, 6) is 0.729. The second kappa shape index (κ2) is 11.0. The summed E-state index contributed by atoms with van der Waals surface area (Å²) in [6, 6.07) is 25.5. The predicted molar refractivity (Wildman–Crippen MR) is 146 cm³/mol. The second-order valence-corrected chi connectivity index (χ2v) is 9.29. The van der Waals surface area contributed by atoms with E-state index >= 15 is 0 Å². The summed E-state index contributed by atoms with van der Waals surface area (Å²) in [5, 5.41) is 4.68.